The average Bonchev–Trinajstić information content (AvgIpc) is 3.26. The van der Waals surface area contributed by atoms with Gasteiger partial charge in [-0.1, -0.05) is 32.1 Å². The van der Waals surface area contributed by atoms with Gasteiger partial charge in [0, 0.05) is 18.0 Å². The Labute approximate surface area is 184 Å². The minimum atomic E-state index is -0.679. The van der Waals surface area contributed by atoms with Crippen LogP contribution in [0.2, 0.25) is 0 Å². The van der Waals surface area contributed by atoms with Crippen LogP contribution in [0.25, 0.3) is 0 Å². The molecule has 1 N–H and O–H groups in total. The average molecular weight is 424 g/mol. The molecule has 1 aromatic rings. The first kappa shape index (κ1) is 20.6. The topological polar surface area (TPSA) is 74.6 Å². The minimum absolute atomic E-state index is 0.0237. The lowest BCUT2D eigenvalue weighted by atomic mass is 9.71. The summed E-state index contributed by atoms with van der Waals surface area (Å²) in [6.45, 7) is 4.58. The van der Waals surface area contributed by atoms with Gasteiger partial charge < -0.3 is 14.8 Å². The molecule has 1 atom stereocenters. The molecule has 0 aromatic heterocycles. The molecule has 6 heteroatoms. The predicted molar refractivity (Wildman–Crippen MR) is 117 cm³/mol. The zero-order valence-electron chi connectivity index (χ0n) is 18.5. The SMILES string of the molecule is CC1c2cc3c(cc2C2(CCCC2)CN1CC(=O)NC1(C#N)CCCCC1)OCCO3. The zero-order chi connectivity index (χ0) is 21.5. The molecule has 2 saturated carbocycles. The molecule has 2 heterocycles. The Morgan fingerprint density at radius 3 is 2.42 bits per heavy atom. The molecule has 1 amide bonds. The Bertz CT molecular complexity index is 894. The van der Waals surface area contributed by atoms with Gasteiger partial charge in [0.05, 0.1) is 12.6 Å². The van der Waals surface area contributed by atoms with Crippen molar-refractivity contribution in [3.63, 3.8) is 0 Å². The van der Waals surface area contributed by atoms with Crippen LogP contribution >= 0.6 is 0 Å². The number of ether oxygens (including phenoxy) is 2. The molecule has 1 unspecified atom stereocenters. The van der Waals surface area contributed by atoms with Crippen molar-refractivity contribution >= 4 is 5.91 Å². The first-order chi connectivity index (χ1) is 15.0. The fraction of sp³-hybridized carbons (Fsp3) is 0.680. The second-order valence-corrected chi connectivity index (χ2v) is 9.95. The Balaban J connectivity index is 1.41. The quantitative estimate of drug-likeness (QED) is 0.796. The van der Waals surface area contributed by atoms with Crippen LogP contribution in [0, 0.1) is 11.3 Å². The minimum Gasteiger partial charge on any atom is -0.486 e. The molecule has 6 nitrogen and oxygen atoms in total. The largest absolute Gasteiger partial charge is 0.486 e. The zero-order valence-corrected chi connectivity index (χ0v) is 18.5. The van der Waals surface area contributed by atoms with E-state index in [0.29, 0.717) is 19.8 Å². The summed E-state index contributed by atoms with van der Waals surface area (Å²) < 4.78 is 11.8. The maximum atomic E-state index is 13.1. The van der Waals surface area contributed by atoms with Crippen LogP contribution < -0.4 is 14.8 Å². The van der Waals surface area contributed by atoms with E-state index < -0.39 is 5.54 Å². The molecular weight excluding hydrogens is 390 g/mol. The van der Waals surface area contributed by atoms with Crippen molar-refractivity contribution in [2.75, 3.05) is 26.3 Å². The number of nitriles is 1. The number of hydrogen-bond donors (Lipinski definition) is 1. The summed E-state index contributed by atoms with van der Waals surface area (Å²) in [6, 6.07) is 6.90. The predicted octanol–water partition coefficient (Wildman–Crippen LogP) is 3.99. The summed E-state index contributed by atoms with van der Waals surface area (Å²) in [7, 11) is 0. The fourth-order valence-electron chi connectivity index (χ4n) is 6.30. The van der Waals surface area contributed by atoms with Gasteiger partial charge in [-0.25, -0.2) is 0 Å². The summed E-state index contributed by atoms with van der Waals surface area (Å²) in [4.78, 5) is 15.4. The van der Waals surface area contributed by atoms with Crippen LogP contribution in [0.1, 0.15) is 81.9 Å². The normalized spacial score (nSPS) is 26.1. The van der Waals surface area contributed by atoms with E-state index in [1.165, 1.54) is 24.0 Å². The van der Waals surface area contributed by atoms with E-state index in [9.17, 15) is 10.1 Å². The third kappa shape index (κ3) is 3.67. The van der Waals surface area contributed by atoms with Gasteiger partial charge in [0.15, 0.2) is 11.5 Å². The Morgan fingerprint density at radius 1 is 1.10 bits per heavy atom. The molecule has 0 radical (unpaired) electrons. The van der Waals surface area contributed by atoms with E-state index in [4.69, 9.17) is 9.47 Å². The summed E-state index contributed by atoms with van der Waals surface area (Å²) in [6.07, 6.45) is 9.44. The molecule has 166 valence electrons. The van der Waals surface area contributed by atoms with Gasteiger partial charge in [-0.2, -0.15) is 5.26 Å². The van der Waals surface area contributed by atoms with Gasteiger partial charge in [-0.05, 0) is 55.9 Å². The van der Waals surface area contributed by atoms with Gasteiger partial charge in [0.2, 0.25) is 5.91 Å². The number of benzene rings is 1. The number of amides is 1. The van der Waals surface area contributed by atoms with Crippen LogP contribution in [-0.4, -0.2) is 42.6 Å². The van der Waals surface area contributed by atoms with Crippen LogP contribution in [-0.2, 0) is 10.2 Å². The van der Waals surface area contributed by atoms with Gasteiger partial charge >= 0.3 is 0 Å². The fourth-order valence-corrected chi connectivity index (χ4v) is 6.30. The molecule has 2 fully saturated rings. The van der Waals surface area contributed by atoms with E-state index in [0.717, 1.165) is 63.0 Å². The monoisotopic (exact) mass is 423 g/mol. The first-order valence-electron chi connectivity index (χ1n) is 11.9. The van der Waals surface area contributed by atoms with Gasteiger partial charge in [0.25, 0.3) is 0 Å². The van der Waals surface area contributed by atoms with E-state index in [1.54, 1.807) is 0 Å². The Morgan fingerprint density at radius 2 is 1.74 bits per heavy atom. The summed E-state index contributed by atoms with van der Waals surface area (Å²) >= 11 is 0. The maximum absolute atomic E-state index is 13.1. The first-order valence-corrected chi connectivity index (χ1v) is 11.9. The highest BCUT2D eigenvalue weighted by atomic mass is 16.6. The molecule has 31 heavy (non-hydrogen) atoms. The van der Waals surface area contributed by atoms with Crippen LogP contribution in [0.3, 0.4) is 0 Å². The lowest BCUT2D eigenvalue weighted by Crippen LogP contribution is -2.54. The van der Waals surface area contributed by atoms with Crippen LogP contribution in [0.15, 0.2) is 12.1 Å². The summed E-state index contributed by atoms with van der Waals surface area (Å²) in [5.41, 5.74) is 2.05. The standard InChI is InChI=1S/C25H33N3O3/c1-18-19-13-21-22(31-12-11-30-21)14-20(19)24(7-5-6-8-24)17-28(18)15-23(29)27-25(16-26)9-3-2-4-10-25/h13-14,18H,2-12,15,17H2,1H3,(H,27,29). The molecule has 1 aromatic carbocycles. The molecule has 0 saturated heterocycles. The molecule has 4 aliphatic rings. The number of rotatable bonds is 3. The van der Waals surface area contributed by atoms with Crippen molar-refractivity contribution in [2.24, 2.45) is 0 Å². The number of fused-ring (bicyclic) bond motifs is 3. The number of nitrogens with zero attached hydrogens (tertiary/aromatic N) is 2. The van der Waals surface area contributed by atoms with Gasteiger partial charge in [-0.3, -0.25) is 9.69 Å². The highest BCUT2D eigenvalue weighted by Gasteiger charge is 2.45. The molecule has 2 aliphatic heterocycles. The lowest BCUT2D eigenvalue weighted by Gasteiger charge is -2.46. The molecule has 0 bridgehead atoms. The smallest absolute Gasteiger partial charge is 0.235 e. The summed E-state index contributed by atoms with van der Waals surface area (Å²) in [5.74, 6) is 1.66. The highest BCUT2D eigenvalue weighted by Crippen LogP contribution is 2.51. The molecule has 1 spiro atoms. The second kappa shape index (κ2) is 8.02. The number of hydrogen-bond acceptors (Lipinski definition) is 5. The summed E-state index contributed by atoms with van der Waals surface area (Å²) in [5, 5.41) is 12.9. The van der Waals surface area contributed by atoms with Gasteiger partial charge in [-0.15, -0.1) is 0 Å². The van der Waals surface area contributed by atoms with Crippen molar-refractivity contribution in [3.8, 4) is 17.6 Å². The third-order valence-electron chi connectivity index (χ3n) is 8.00. The van der Waals surface area contributed by atoms with Crippen molar-refractivity contribution in [1.29, 1.82) is 5.26 Å². The van der Waals surface area contributed by atoms with Crippen molar-refractivity contribution < 1.29 is 14.3 Å². The Kier molecular flexibility index (Phi) is 5.34. The lowest BCUT2D eigenvalue weighted by molar-refractivity contribution is -0.124. The van der Waals surface area contributed by atoms with Gasteiger partial charge in [0.1, 0.15) is 18.8 Å². The van der Waals surface area contributed by atoms with Crippen molar-refractivity contribution in [1.82, 2.24) is 10.2 Å². The van der Waals surface area contributed by atoms with E-state index in [2.05, 4.69) is 35.3 Å². The third-order valence-corrected chi connectivity index (χ3v) is 8.00. The maximum Gasteiger partial charge on any atom is 0.235 e. The van der Waals surface area contributed by atoms with Crippen molar-refractivity contribution in [3.05, 3.63) is 23.3 Å². The van der Waals surface area contributed by atoms with Crippen LogP contribution in [0.5, 0.6) is 11.5 Å². The highest BCUT2D eigenvalue weighted by molar-refractivity contribution is 5.79. The van der Waals surface area contributed by atoms with Crippen LogP contribution in [0.4, 0.5) is 0 Å². The Hall–Kier alpha value is -2.26. The number of carbonyl (C=O) groups is 1. The molecular formula is C25H33N3O3. The second-order valence-electron chi connectivity index (χ2n) is 9.95. The number of nitrogens with one attached hydrogen (secondary N) is 1. The van der Waals surface area contributed by atoms with Crippen molar-refractivity contribution in [2.45, 2.75) is 81.7 Å². The molecule has 2 aliphatic carbocycles. The van der Waals surface area contributed by atoms with E-state index in [1.807, 2.05) is 0 Å². The van der Waals surface area contributed by atoms with E-state index in [-0.39, 0.29) is 17.4 Å². The van der Waals surface area contributed by atoms with E-state index >= 15 is 0 Å². The molecule has 5 rings (SSSR count). The number of carbonyl (C=O) groups excluding carboxylic acids is 1.